The lowest BCUT2D eigenvalue weighted by Crippen LogP contribution is -2.33. The van der Waals surface area contributed by atoms with Crippen LogP contribution in [0, 0.1) is 0 Å². The van der Waals surface area contributed by atoms with Crippen LogP contribution >= 0.6 is 0 Å². The highest BCUT2D eigenvalue weighted by atomic mass is 19.4. The quantitative estimate of drug-likeness (QED) is 0.926. The van der Waals surface area contributed by atoms with Crippen LogP contribution in [0.15, 0.2) is 24.3 Å². The van der Waals surface area contributed by atoms with Gasteiger partial charge in [-0.15, -0.1) is 13.2 Å². The van der Waals surface area contributed by atoms with E-state index in [9.17, 15) is 18.3 Å². The molecule has 1 aliphatic heterocycles. The second-order valence-corrected chi connectivity index (χ2v) is 4.87. The minimum atomic E-state index is -4.68. The van der Waals surface area contributed by atoms with E-state index < -0.39 is 12.5 Å². The van der Waals surface area contributed by atoms with Crippen molar-refractivity contribution >= 4 is 0 Å². The highest BCUT2D eigenvalue weighted by molar-refractivity contribution is 5.27. The van der Waals surface area contributed by atoms with Gasteiger partial charge in [0.2, 0.25) is 0 Å². The summed E-state index contributed by atoms with van der Waals surface area (Å²) in [5.74, 6) is -0.260. The van der Waals surface area contributed by atoms with Crippen LogP contribution in [0.2, 0.25) is 0 Å². The number of rotatable bonds is 4. The summed E-state index contributed by atoms with van der Waals surface area (Å²) in [5.41, 5.74) is 0.751. The van der Waals surface area contributed by atoms with Gasteiger partial charge in [-0.05, 0) is 37.0 Å². The van der Waals surface area contributed by atoms with Gasteiger partial charge in [-0.3, -0.25) is 0 Å². The van der Waals surface area contributed by atoms with E-state index in [-0.39, 0.29) is 11.9 Å². The van der Waals surface area contributed by atoms with Crippen LogP contribution in [0.4, 0.5) is 13.2 Å². The normalized spacial score (nSPS) is 21.5. The van der Waals surface area contributed by atoms with Crippen molar-refractivity contribution in [2.45, 2.75) is 44.3 Å². The van der Waals surface area contributed by atoms with Gasteiger partial charge in [-0.25, -0.2) is 0 Å². The second kappa shape index (κ2) is 6.45. The van der Waals surface area contributed by atoms with E-state index in [0.29, 0.717) is 13.0 Å². The number of alkyl halides is 3. The van der Waals surface area contributed by atoms with E-state index in [1.54, 1.807) is 0 Å². The van der Waals surface area contributed by atoms with Crippen molar-refractivity contribution in [2.75, 3.05) is 6.61 Å². The summed E-state index contributed by atoms with van der Waals surface area (Å²) in [6.45, 7) is 0.653. The van der Waals surface area contributed by atoms with Crippen LogP contribution in [-0.4, -0.2) is 30.3 Å². The molecule has 1 saturated heterocycles. The standard InChI is InChI=1S/C14H17F3O3/c15-14(16,17)20-11-6-4-10(5-7-11)9-12(18)13-3-1-2-8-19-13/h4-7,12-13,18H,1-3,8-9H2. The zero-order valence-electron chi connectivity index (χ0n) is 10.9. The van der Waals surface area contributed by atoms with Crippen LogP contribution in [0.5, 0.6) is 5.75 Å². The molecule has 0 bridgehead atoms. The van der Waals surface area contributed by atoms with Gasteiger partial charge in [-0.1, -0.05) is 12.1 Å². The van der Waals surface area contributed by atoms with E-state index in [1.165, 1.54) is 24.3 Å². The van der Waals surface area contributed by atoms with Crippen molar-refractivity contribution < 1.29 is 27.8 Å². The molecule has 1 aromatic rings. The van der Waals surface area contributed by atoms with Crippen molar-refractivity contribution in [3.63, 3.8) is 0 Å². The van der Waals surface area contributed by atoms with Crippen LogP contribution in [0.25, 0.3) is 0 Å². The molecule has 0 aliphatic carbocycles. The molecule has 3 nitrogen and oxygen atoms in total. The van der Waals surface area contributed by atoms with Crippen LogP contribution in [0.1, 0.15) is 24.8 Å². The van der Waals surface area contributed by atoms with Gasteiger partial charge in [0.25, 0.3) is 0 Å². The largest absolute Gasteiger partial charge is 0.573 e. The number of aliphatic hydroxyl groups excluding tert-OH is 1. The van der Waals surface area contributed by atoms with Gasteiger partial charge in [0, 0.05) is 13.0 Å². The Morgan fingerprint density at radius 3 is 2.50 bits per heavy atom. The van der Waals surface area contributed by atoms with E-state index in [0.717, 1.165) is 24.8 Å². The molecule has 1 aliphatic rings. The number of aliphatic hydroxyl groups is 1. The van der Waals surface area contributed by atoms with E-state index >= 15 is 0 Å². The Hall–Kier alpha value is -1.27. The fraction of sp³-hybridized carbons (Fsp3) is 0.571. The molecule has 2 unspecified atom stereocenters. The molecule has 1 N–H and O–H groups in total. The van der Waals surface area contributed by atoms with E-state index in [2.05, 4.69) is 4.74 Å². The van der Waals surface area contributed by atoms with Crippen LogP contribution in [-0.2, 0) is 11.2 Å². The maximum atomic E-state index is 12.0. The first-order valence-electron chi connectivity index (χ1n) is 6.58. The molecular formula is C14H17F3O3. The smallest absolute Gasteiger partial charge is 0.406 e. The average Bonchev–Trinajstić information content (AvgIpc) is 2.40. The summed E-state index contributed by atoms with van der Waals surface area (Å²) in [6, 6.07) is 5.54. The van der Waals surface area contributed by atoms with E-state index in [1.807, 2.05) is 0 Å². The van der Waals surface area contributed by atoms with Gasteiger partial charge >= 0.3 is 6.36 Å². The molecule has 20 heavy (non-hydrogen) atoms. The Labute approximate surface area is 115 Å². The molecule has 2 atom stereocenters. The first-order chi connectivity index (χ1) is 9.44. The maximum absolute atomic E-state index is 12.0. The molecule has 2 rings (SSSR count). The maximum Gasteiger partial charge on any atom is 0.573 e. The second-order valence-electron chi connectivity index (χ2n) is 4.87. The predicted molar refractivity (Wildman–Crippen MR) is 66.4 cm³/mol. The molecule has 1 fully saturated rings. The van der Waals surface area contributed by atoms with Gasteiger partial charge in [0.15, 0.2) is 0 Å². The fourth-order valence-corrected chi connectivity index (χ4v) is 2.27. The third-order valence-electron chi connectivity index (χ3n) is 3.25. The Morgan fingerprint density at radius 1 is 1.25 bits per heavy atom. The SMILES string of the molecule is OC(Cc1ccc(OC(F)(F)F)cc1)C1CCCCO1. The number of hydrogen-bond acceptors (Lipinski definition) is 3. The lowest BCUT2D eigenvalue weighted by atomic mass is 9.98. The average molecular weight is 290 g/mol. The molecule has 0 radical (unpaired) electrons. The summed E-state index contributed by atoms with van der Waals surface area (Å²) in [5, 5.41) is 10.0. The minimum absolute atomic E-state index is 0.185. The number of halogens is 3. The van der Waals surface area contributed by atoms with Crippen molar-refractivity contribution in [2.24, 2.45) is 0 Å². The molecule has 0 saturated carbocycles. The highest BCUT2D eigenvalue weighted by Gasteiger charge is 2.31. The van der Waals surface area contributed by atoms with Gasteiger partial charge in [0.1, 0.15) is 5.75 Å². The fourth-order valence-electron chi connectivity index (χ4n) is 2.27. The highest BCUT2D eigenvalue weighted by Crippen LogP contribution is 2.24. The first kappa shape index (κ1) is 15.1. The Kier molecular flexibility index (Phi) is 4.88. The summed E-state index contributed by atoms with van der Waals surface area (Å²) in [4.78, 5) is 0. The van der Waals surface area contributed by atoms with Gasteiger partial charge in [-0.2, -0.15) is 0 Å². The molecule has 112 valence electrons. The predicted octanol–water partition coefficient (Wildman–Crippen LogP) is 3.06. The van der Waals surface area contributed by atoms with Gasteiger partial charge in [0.05, 0.1) is 12.2 Å². The summed E-state index contributed by atoms with van der Waals surface area (Å²) >= 11 is 0. The molecule has 1 heterocycles. The topological polar surface area (TPSA) is 38.7 Å². The third kappa shape index (κ3) is 4.68. The van der Waals surface area contributed by atoms with Crippen molar-refractivity contribution in [3.05, 3.63) is 29.8 Å². The van der Waals surface area contributed by atoms with Crippen LogP contribution < -0.4 is 4.74 Å². The zero-order chi connectivity index (χ0) is 14.6. The Bertz CT molecular complexity index is 411. The van der Waals surface area contributed by atoms with Crippen molar-refractivity contribution in [1.29, 1.82) is 0 Å². The number of benzene rings is 1. The molecule has 1 aromatic carbocycles. The third-order valence-corrected chi connectivity index (χ3v) is 3.25. The minimum Gasteiger partial charge on any atom is -0.406 e. The summed E-state index contributed by atoms with van der Waals surface area (Å²) in [7, 11) is 0. The zero-order valence-corrected chi connectivity index (χ0v) is 10.9. The number of ether oxygens (including phenoxy) is 2. The van der Waals surface area contributed by atoms with E-state index in [4.69, 9.17) is 4.74 Å². The lowest BCUT2D eigenvalue weighted by Gasteiger charge is -2.27. The van der Waals surface area contributed by atoms with Gasteiger partial charge < -0.3 is 14.6 Å². The monoisotopic (exact) mass is 290 g/mol. The summed E-state index contributed by atoms with van der Waals surface area (Å²) < 4.78 is 45.3. The van der Waals surface area contributed by atoms with Crippen molar-refractivity contribution in [1.82, 2.24) is 0 Å². The molecule has 6 heteroatoms. The van der Waals surface area contributed by atoms with Crippen LogP contribution in [0.3, 0.4) is 0 Å². The molecule has 0 aromatic heterocycles. The Balaban J connectivity index is 1.89. The summed E-state index contributed by atoms with van der Waals surface area (Å²) in [6.07, 6.45) is -2.29. The molecule has 0 amide bonds. The first-order valence-corrected chi connectivity index (χ1v) is 6.58. The Morgan fingerprint density at radius 2 is 1.95 bits per heavy atom. The number of hydrogen-bond donors (Lipinski definition) is 1. The molecular weight excluding hydrogens is 273 g/mol. The molecule has 0 spiro atoms. The van der Waals surface area contributed by atoms with Crippen molar-refractivity contribution in [3.8, 4) is 5.75 Å². The lowest BCUT2D eigenvalue weighted by molar-refractivity contribution is -0.274.